The van der Waals surface area contributed by atoms with Crippen LogP contribution in [0.2, 0.25) is 0 Å². The molecule has 0 spiro atoms. The van der Waals surface area contributed by atoms with Gasteiger partial charge in [-0.15, -0.1) is 0 Å². The highest BCUT2D eigenvalue weighted by Crippen LogP contribution is 2.13. The van der Waals surface area contributed by atoms with Crippen molar-refractivity contribution in [2.45, 2.75) is 6.54 Å². The van der Waals surface area contributed by atoms with E-state index in [-0.39, 0.29) is 24.0 Å². The highest BCUT2D eigenvalue weighted by atomic mass is 16.6. The van der Waals surface area contributed by atoms with Crippen molar-refractivity contribution in [2.75, 3.05) is 46.8 Å². The molecule has 2 amide bonds. The van der Waals surface area contributed by atoms with Gasteiger partial charge in [-0.1, -0.05) is 12.1 Å². The van der Waals surface area contributed by atoms with Crippen LogP contribution in [-0.4, -0.2) is 84.2 Å². The summed E-state index contributed by atoms with van der Waals surface area (Å²) in [5.74, 6) is 0.596. The van der Waals surface area contributed by atoms with Crippen LogP contribution in [0.25, 0.3) is 0 Å². The van der Waals surface area contributed by atoms with Gasteiger partial charge in [0.05, 0.1) is 24.3 Å². The summed E-state index contributed by atoms with van der Waals surface area (Å²) in [6.07, 6.45) is 1.47. The number of rotatable bonds is 6. The Bertz CT molecular complexity index is 963. The molecule has 1 N–H and O–H groups in total. The third kappa shape index (κ3) is 5.84. The molecule has 3 rings (SSSR count). The Morgan fingerprint density at radius 3 is 2.34 bits per heavy atom. The summed E-state index contributed by atoms with van der Waals surface area (Å²) in [7, 11) is 3.35. The van der Waals surface area contributed by atoms with E-state index in [4.69, 9.17) is 4.42 Å². The molecule has 0 unspecified atom stereocenters. The van der Waals surface area contributed by atoms with Gasteiger partial charge >= 0.3 is 0 Å². The fourth-order valence-electron chi connectivity index (χ4n) is 3.15. The Kier molecular flexibility index (Phi) is 7.42. The maximum absolute atomic E-state index is 12.5. The second kappa shape index (κ2) is 10.4. The topological polar surface area (TPSA) is 125 Å². The summed E-state index contributed by atoms with van der Waals surface area (Å²) in [5.41, 5.74) is 0.825. The molecule has 2 heterocycles. The monoisotopic (exact) mass is 442 g/mol. The van der Waals surface area contributed by atoms with E-state index in [1.54, 1.807) is 43.3 Å². The fraction of sp³-hybridized carbons (Fsp3) is 0.381. The molecule has 11 nitrogen and oxygen atoms in total. The van der Waals surface area contributed by atoms with Crippen LogP contribution in [-0.2, 0) is 11.3 Å². The zero-order valence-corrected chi connectivity index (χ0v) is 18.1. The SMILES string of the molecule is CN(C)C(=O)CNC(=NCc1ccc([N+](=O)[O-])cc1)N1CCN(C(=O)c2ccco2)CC1. The van der Waals surface area contributed by atoms with Crippen molar-refractivity contribution in [3.8, 4) is 0 Å². The minimum Gasteiger partial charge on any atom is -0.459 e. The van der Waals surface area contributed by atoms with E-state index in [2.05, 4.69) is 10.3 Å². The van der Waals surface area contributed by atoms with Crippen molar-refractivity contribution in [3.63, 3.8) is 0 Å². The van der Waals surface area contributed by atoms with Gasteiger partial charge < -0.3 is 24.4 Å². The van der Waals surface area contributed by atoms with Crippen LogP contribution in [0.5, 0.6) is 0 Å². The summed E-state index contributed by atoms with van der Waals surface area (Å²) < 4.78 is 5.20. The van der Waals surface area contributed by atoms with Gasteiger partial charge in [-0.05, 0) is 17.7 Å². The summed E-state index contributed by atoms with van der Waals surface area (Å²) >= 11 is 0. The molecule has 32 heavy (non-hydrogen) atoms. The van der Waals surface area contributed by atoms with Gasteiger partial charge in [0.2, 0.25) is 5.91 Å². The molecule has 1 saturated heterocycles. The largest absolute Gasteiger partial charge is 0.459 e. The van der Waals surface area contributed by atoms with E-state index in [1.165, 1.54) is 23.3 Å². The number of nitrogens with one attached hydrogen (secondary N) is 1. The first kappa shape index (κ1) is 22.8. The van der Waals surface area contributed by atoms with E-state index in [1.807, 2.05) is 4.90 Å². The van der Waals surface area contributed by atoms with Gasteiger partial charge in [-0.2, -0.15) is 0 Å². The molecule has 0 aliphatic carbocycles. The standard InChI is InChI=1S/C21H26N6O5/c1-24(2)19(28)15-23-21(22-14-16-5-7-17(8-6-16)27(30)31)26-11-9-25(10-12-26)20(29)18-4-3-13-32-18/h3-8,13H,9-12,14-15H2,1-2H3,(H,22,23). The lowest BCUT2D eigenvalue weighted by molar-refractivity contribution is -0.384. The molecule has 170 valence electrons. The predicted octanol–water partition coefficient (Wildman–Crippen LogP) is 1.18. The molecule has 1 aromatic carbocycles. The van der Waals surface area contributed by atoms with E-state index in [0.717, 1.165) is 5.56 Å². The summed E-state index contributed by atoms with van der Waals surface area (Å²) in [6, 6.07) is 9.51. The maximum atomic E-state index is 12.5. The Labute approximate surface area is 185 Å². The van der Waals surface area contributed by atoms with Crippen LogP contribution in [0, 0.1) is 10.1 Å². The Morgan fingerprint density at radius 2 is 1.78 bits per heavy atom. The highest BCUT2D eigenvalue weighted by molar-refractivity contribution is 5.92. The van der Waals surface area contributed by atoms with Gasteiger partial charge in [0.15, 0.2) is 11.7 Å². The van der Waals surface area contributed by atoms with E-state index in [0.29, 0.717) is 44.4 Å². The third-order valence-electron chi connectivity index (χ3n) is 5.05. The molecule has 1 fully saturated rings. The fourth-order valence-corrected chi connectivity index (χ4v) is 3.15. The number of aliphatic imine (C=N–C) groups is 1. The number of hydrogen-bond acceptors (Lipinski definition) is 6. The first-order valence-corrected chi connectivity index (χ1v) is 10.1. The number of furan rings is 1. The Hall–Kier alpha value is -3.89. The Balaban J connectivity index is 1.66. The lowest BCUT2D eigenvalue weighted by atomic mass is 10.2. The normalized spacial score (nSPS) is 14.2. The van der Waals surface area contributed by atoms with Gasteiger partial charge in [-0.3, -0.25) is 19.7 Å². The molecule has 11 heteroatoms. The zero-order valence-electron chi connectivity index (χ0n) is 18.1. The summed E-state index contributed by atoms with van der Waals surface area (Å²) in [6.45, 7) is 2.42. The molecule has 1 aliphatic rings. The summed E-state index contributed by atoms with van der Waals surface area (Å²) in [5, 5.41) is 13.9. The number of carbonyl (C=O) groups is 2. The smallest absolute Gasteiger partial charge is 0.289 e. The van der Waals surface area contributed by atoms with E-state index < -0.39 is 4.92 Å². The van der Waals surface area contributed by atoms with Crippen molar-refractivity contribution in [1.82, 2.24) is 20.0 Å². The number of non-ortho nitro benzene ring substituents is 1. The summed E-state index contributed by atoms with van der Waals surface area (Å²) in [4.78, 5) is 44.7. The van der Waals surface area contributed by atoms with Crippen LogP contribution >= 0.6 is 0 Å². The number of piperazine rings is 1. The third-order valence-corrected chi connectivity index (χ3v) is 5.05. The van der Waals surface area contributed by atoms with Crippen molar-refractivity contribution < 1.29 is 18.9 Å². The minimum atomic E-state index is -0.448. The average molecular weight is 442 g/mol. The number of hydrogen-bond donors (Lipinski definition) is 1. The number of nitro benzene ring substituents is 1. The van der Waals surface area contributed by atoms with Crippen molar-refractivity contribution in [3.05, 3.63) is 64.1 Å². The van der Waals surface area contributed by atoms with E-state index in [9.17, 15) is 19.7 Å². The van der Waals surface area contributed by atoms with Crippen molar-refractivity contribution in [2.24, 2.45) is 4.99 Å². The second-order valence-corrected chi connectivity index (χ2v) is 7.46. The zero-order chi connectivity index (χ0) is 23.1. The number of nitro groups is 1. The molecule has 0 radical (unpaired) electrons. The number of carbonyl (C=O) groups excluding carboxylic acids is 2. The molecule has 1 aliphatic heterocycles. The second-order valence-electron chi connectivity index (χ2n) is 7.46. The van der Waals surface area contributed by atoms with Crippen LogP contribution in [0.3, 0.4) is 0 Å². The van der Waals surface area contributed by atoms with E-state index >= 15 is 0 Å². The van der Waals surface area contributed by atoms with Crippen LogP contribution < -0.4 is 5.32 Å². The molecule has 1 aromatic heterocycles. The van der Waals surface area contributed by atoms with Crippen LogP contribution in [0.4, 0.5) is 5.69 Å². The average Bonchev–Trinajstić information content (AvgIpc) is 3.34. The van der Waals surface area contributed by atoms with Crippen LogP contribution in [0.1, 0.15) is 16.1 Å². The van der Waals surface area contributed by atoms with Gasteiger partial charge in [-0.25, -0.2) is 4.99 Å². The molecule has 2 aromatic rings. The molecule has 0 atom stereocenters. The van der Waals surface area contributed by atoms with Gasteiger partial charge in [0.1, 0.15) is 0 Å². The molecular formula is C21H26N6O5. The lowest BCUT2D eigenvalue weighted by Crippen LogP contribution is -2.54. The number of amides is 2. The quantitative estimate of drug-likeness (QED) is 0.308. The van der Waals surface area contributed by atoms with Crippen molar-refractivity contribution >= 4 is 23.5 Å². The predicted molar refractivity (Wildman–Crippen MR) is 117 cm³/mol. The number of nitrogens with zero attached hydrogens (tertiary/aromatic N) is 5. The highest BCUT2D eigenvalue weighted by Gasteiger charge is 2.25. The number of guanidine groups is 1. The maximum Gasteiger partial charge on any atom is 0.289 e. The Morgan fingerprint density at radius 1 is 1.12 bits per heavy atom. The first-order chi connectivity index (χ1) is 15.3. The lowest BCUT2D eigenvalue weighted by Gasteiger charge is -2.36. The minimum absolute atomic E-state index is 0.0185. The first-order valence-electron chi connectivity index (χ1n) is 10.1. The van der Waals surface area contributed by atoms with Gasteiger partial charge in [0.25, 0.3) is 11.6 Å². The number of benzene rings is 1. The molecule has 0 bridgehead atoms. The van der Waals surface area contributed by atoms with Crippen LogP contribution in [0.15, 0.2) is 52.1 Å². The molecular weight excluding hydrogens is 416 g/mol. The molecule has 0 saturated carbocycles. The van der Waals surface area contributed by atoms with Gasteiger partial charge in [0, 0.05) is 52.4 Å². The number of likely N-dealkylation sites (N-methyl/N-ethyl adjacent to an activating group) is 1. The van der Waals surface area contributed by atoms with Crippen molar-refractivity contribution in [1.29, 1.82) is 0 Å².